The van der Waals surface area contributed by atoms with Gasteiger partial charge in [-0.1, -0.05) is 18.5 Å². The Kier molecular flexibility index (Phi) is 6.32. The molecule has 0 aromatic rings. The Labute approximate surface area is 80.2 Å². The predicted molar refractivity (Wildman–Crippen MR) is 55.0 cm³/mol. The van der Waals surface area contributed by atoms with Gasteiger partial charge in [0.05, 0.1) is 0 Å². The number of nitrogens with two attached hydrogens (primary N) is 1. The van der Waals surface area contributed by atoms with Crippen molar-refractivity contribution in [1.82, 2.24) is 5.32 Å². The van der Waals surface area contributed by atoms with Crippen molar-refractivity contribution in [1.29, 1.82) is 0 Å². The zero-order chi connectivity index (χ0) is 10.3. The van der Waals surface area contributed by atoms with E-state index in [-0.39, 0.29) is 11.9 Å². The molecule has 4 nitrogen and oxygen atoms in total. The average Bonchev–Trinajstić information content (AvgIpc) is 2.04. The molecular weight excluding hydrogens is 166 g/mol. The molecule has 0 fully saturated rings. The molecule has 0 saturated carbocycles. The van der Waals surface area contributed by atoms with Gasteiger partial charge in [-0.2, -0.15) is 0 Å². The van der Waals surface area contributed by atoms with Gasteiger partial charge in [-0.3, -0.25) is 0 Å². The van der Waals surface area contributed by atoms with Crippen molar-refractivity contribution in [3.63, 3.8) is 0 Å². The monoisotopic (exact) mass is 187 g/mol. The molecular formula is C9H21N3O. The molecule has 13 heavy (non-hydrogen) atoms. The van der Waals surface area contributed by atoms with Crippen molar-refractivity contribution in [2.75, 3.05) is 0 Å². The van der Waals surface area contributed by atoms with Crippen LogP contribution in [0.2, 0.25) is 0 Å². The van der Waals surface area contributed by atoms with Crippen LogP contribution in [0.4, 0.5) is 0 Å². The van der Waals surface area contributed by atoms with Crippen molar-refractivity contribution in [2.24, 2.45) is 10.9 Å². The van der Waals surface area contributed by atoms with E-state index in [1.54, 1.807) is 0 Å². The van der Waals surface area contributed by atoms with Crippen molar-refractivity contribution < 1.29 is 5.21 Å². The lowest BCUT2D eigenvalue weighted by atomic mass is 10.1. The lowest BCUT2D eigenvalue weighted by Gasteiger charge is -2.18. The number of hydrogen-bond donors (Lipinski definition) is 3. The molecule has 0 bridgehead atoms. The van der Waals surface area contributed by atoms with E-state index in [1.165, 1.54) is 6.42 Å². The van der Waals surface area contributed by atoms with E-state index < -0.39 is 0 Å². The normalized spacial score (nSPS) is 17.0. The number of hydrogen-bond acceptors (Lipinski definition) is 3. The first kappa shape index (κ1) is 12.2. The van der Waals surface area contributed by atoms with Gasteiger partial charge in [-0.15, -0.1) is 0 Å². The fourth-order valence-corrected chi connectivity index (χ4v) is 1.42. The van der Waals surface area contributed by atoms with Gasteiger partial charge in [0.25, 0.3) is 0 Å². The van der Waals surface area contributed by atoms with Gasteiger partial charge in [-0.05, 0) is 20.3 Å². The van der Waals surface area contributed by atoms with Crippen LogP contribution in [-0.4, -0.2) is 23.1 Å². The van der Waals surface area contributed by atoms with Crippen LogP contribution in [0.1, 0.15) is 40.0 Å². The van der Waals surface area contributed by atoms with Gasteiger partial charge in [-0.25, -0.2) is 0 Å². The molecule has 0 amide bonds. The van der Waals surface area contributed by atoms with Crippen LogP contribution in [-0.2, 0) is 0 Å². The zero-order valence-corrected chi connectivity index (χ0v) is 8.75. The molecule has 4 heteroatoms. The van der Waals surface area contributed by atoms with Crippen molar-refractivity contribution in [3.8, 4) is 0 Å². The summed E-state index contributed by atoms with van der Waals surface area (Å²) >= 11 is 0. The van der Waals surface area contributed by atoms with E-state index in [0.29, 0.717) is 12.5 Å². The Hall–Kier alpha value is -0.770. The third-order valence-corrected chi connectivity index (χ3v) is 1.93. The largest absolute Gasteiger partial charge is 0.409 e. The first-order valence-corrected chi connectivity index (χ1v) is 4.82. The SMILES string of the molecule is CCCC(C)NC(C)CC(N)=NO. The van der Waals surface area contributed by atoms with Gasteiger partial charge in [0.15, 0.2) is 0 Å². The molecule has 0 aromatic carbocycles. The van der Waals surface area contributed by atoms with Crippen LogP contribution < -0.4 is 11.1 Å². The first-order valence-electron chi connectivity index (χ1n) is 4.82. The summed E-state index contributed by atoms with van der Waals surface area (Å²) in [6, 6.07) is 0.754. The highest BCUT2D eigenvalue weighted by Crippen LogP contribution is 1.99. The number of amidine groups is 1. The summed E-state index contributed by atoms with van der Waals surface area (Å²) in [4.78, 5) is 0. The standard InChI is InChI=1S/C9H21N3O/c1-4-5-7(2)11-8(3)6-9(10)12-13/h7-8,11,13H,4-6H2,1-3H3,(H2,10,12). The molecule has 0 aromatic heterocycles. The van der Waals surface area contributed by atoms with E-state index in [4.69, 9.17) is 10.9 Å². The van der Waals surface area contributed by atoms with Crippen LogP contribution in [0.25, 0.3) is 0 Å². The quantitative estimate of drug-likeness (QED) is 0.254. The molecule has 0 aliphatic heterocycles. The molecule has 4 N–H and O–H groups in total. The number of nitrogens with zero attached hydrogens (tertiary/aromatic N) is 1. The Morgan fingerprint density at radius 1 is 1.46 bits per heavy atom. The Morgan fingerprint density at radius 3 is 2.54 bits per heavy atom. The van der Waals surface area contributed by atoms with Crippen molar-refractivity contribution in [3.05, 3.63) is 0 Å². The summed E-state index contributed by atoms with van der Waals surface area (Å²) in [5, 5.41) is 14.7. The second kappa shape index (κ2) is 6.71. The second-order valence-corrected chi connectivity index (χ2v) is 3.55. The Balaban J connectivity index is 3.67. The molecule has 0 heterocycles. The van der Waals surface area contributed by atoms with Gasteiger partial charge >= 0.3 is 0 Å². The third-order valence-electron chi connectivity index (χ3n) is 1.93. The summed E-state index contributed by atoms with van der Waals surface area (Å²) in [5.41, 5.74) is 5.38. The van der Waals surface area contributed by atoms with E-state index in [1.807, 2.05) is 6.92 Å². The van der Waals surface area contributed by atoms with Gasteiger partial charge in [0.2, 0.25) is 0 Å². The van der Waals surface area contributed by atoms with Crippen LogP contribution in [0, 0.1) is 0 Å². The molecule has 0 rings (SSSR count). The Bertz CT molecular complexity index is 159. The number of rotatable bonds is 6. The summed E-state index contributed by atoms with van der Waals surface area (Å²) in [6.45, 7) is 6.34. The minimum Gasteiger partial charge on any atom is -0.409 e. The van der Waals surface area contributed by atoms with E-state index in [2.05, 4.69) is 24.3 Å². The third kappa shape index (κ3) is 6.40. The van der Waals surface area contributed by atoms with E-state index >= 15 is 0 Å². The van der Waals surface area contributed by atoms with Crippen molar-refractivity contribution in [2.45, 2.75) is 52.1 Å². The minimum atomic E-state index is 0.262. The lowest BCUT2D eigenvalue weighted by molar-refractivity contribution is 0.315. The maximum atomic E-state index is 8.36. The van der Waals surface area contributed by atoms with Crippen LogP contribution in [0.3, 0.4) is 0 Å². The lowest BCUT2D eigenvalue weighted by Crippen LogP contribution is -2.37. The molecule has 2 unspecified atom stereocenters. The summed E-state index contributed by atoms with van der Waals surface area (Å²) in [6.07, 6.45) is 2.91. The van der Waals surface area contributed by atoms with E-state index in [9.17, 15) is 0 Å². The molecule has 2 atom stereocenters. The molecule has 0 radical (unpaired) electrons. The fourth-order valence-electron chi connectivity index (χ4n) is 1.42. The van der Waals surface area contributed by atoms with E-state index in [0.717, 1.165) is 6.42 Å². The summed E-state index contributed by atoms with van der Waals surface area (Å²) < 4.78 is 0. The average molecular weight is 187 g/mol. The second-order valence-electron chi connectivity index (χ2n) is 3.55. The van der Waals surface area contributed by atoms with Crippen LogP contribution >= 0.6 is 0 Å². The predicted octanol–water partition coefficient (Wildman–Crippen LogP) is 1.29. The van der Waals surface area contributed by atoms with Gasteiger partial charge in [0, 0.05) is 18.5 Å². The molecule has 0 spiro atoms. The molecule has 0 aliphatic rings. The highest BCUT2D eigenvalue weighted by atomic mass is 16.4. The van der Waals surface area contributed by atoms with Crippen molar-refractivity contribution >= 4 is 5.84 Å². The molecule has 78 valence electrons. The maximum Gasteiger partial charge on any atom is 0.140 e. The molecule has 0 saturated heterocycles. The molecule has 0 aliphatic carbocycles. The highest BCUT2D eigenvalue weighted by molar-refractivity contribution is 5.80. The zero-order valence-electron chi connectivity index (χ0n) is 8.75. The smallest absolute Gasteiger partial charge is 0.140 e. The maximum absolute atomic E-state index is 8.36. The van der Waals surface area contributed by atoms with Gasteiger partial charge in [0.1, 0.15) is 5.84 Å². The number of oxime groups is 1. The summed E-state index contributed by atoms with van der Waals surface area (Å²) in [7, 11) is 0. The Morgan fingerprint density at radius 2 is 2.08 bits per heavy atom. The van der Waals surface area contributed by atoms with Crippen LogP contribution in [0.5, 0.6) is 0 Å². The fraction of sp³-hybridized carbons (Fsp3) is 0.889. The van der Waals surface area contributed by atoms with Crippen LogP contribution in [0.15, 0.2) is 5.16 Å². The topological polar surface area (TPSA) is 70.6 Å². The number of nitrogens with one attached hydrogen (secondary N) is 1. The van der Waals surface area contributed by atoms with Gasteiger partial charge < -0.3 is 16.3 Å². The first-order chi connectivity index (χ1) is 6.10. The minimum absolute atomic E-state index is 0.262. The highest BCUT2D eigenvalue weighted by Gasteiger charge is 2.07. The summed E-state index contributed by atoms with van der Waals surface area (Å²) in [5.74, 6) is 0.281.